The number of rotatable bonds is 7. The van der Waals surface area contributed by atoms with Gasteiger partial charge in [0.25, 0.3) is 0 Å². The van der Waals surface area contributed by atoms with E-state index < -0.39 is 12.0 Å². The monoisotopic (exact) mass is 302 g/mol. The van der Waals surface area contributed by atoms with Crippen LogP contribution in [0.2, 0.25) is 0 Å². The molecule has 1 amide bonds. The van der Waals surface area contributed by atoms with Crippen molar-refractivity contribution < 1.29 is 14.7 Å². The molecule has 0 aliphatic rings. The molecule has 1 unspecified atom stereocenters. The maximum absolute atomic E-state index is 12.0. The summed E-state index contributed by atoms with van der Waals surface area (Å²) in [6, 6.07) is 7.11. The second kappa shape index (κ2) is 7.11. The Morgan fingerprint density at radius 2 is 2.00 bits per heavy atom. The van der Waals surface area contributed by atoms with E-state index in [1.54, 1.807) is 0 Å². The minimum absolute atomic E-state index is 0.218. The number of carbonyl (C=O) groups is 2. The fraction of sp³-hybridized carbons (Fsp3) is 0.412. The zero-order valence-electron chi connectivity index (χ0n) is 12.9. The number of aliphatic carboxylic acids is 1. The van der Waals surface area contributed by atoms with Gasteiger partial charge in [-0.05, 0) is 30.4 Å². The molecule has 1 aromatic carbocycles. The van der Waals surface area contributed by atoms with E-state index in [4.69, 9.17) is 5.11 Å². The minimum Gasteiger partial charge on any atom is -0.480 e. The van der Waals surface area contributed by atoms with Crippen LogP contribution in [-0.4, -0.2) is 28.0 Å². The second-order valence-electron chi connectivity index (χ2n) is 5.95. The molecule has 0 bridgehead atoms. The number of aromatic amines is 1. The van der Waals surface area contributed by atoms with Crippen LogP contribution < -0.4 is 5.32 Å². The number of H-pyrrole nitrogens is 1. The first-order valence-electron chi connectivity index (χ1n) is 7.54. The van der Waals surface area contributed by atoms with Crippen molar-refractivity contribution in [3.05, 3.63) is 36.0 Å². The molecule has 5 heteroatoms. The maximum Gasteiger partial charge on any atom is 0.326 e. The number of carboxylic acid groups (broad SMARTS) is 1. The minimum atomic E-state index is -0.978. The van der Waals surface area contributed by atoms with Gasteiger partial charge < -0.3 is 15.4 Å². The molecule has 0 radical (unpaired) electrons. The number of benzene rings is 1. The van der Waals surface area contributed by atoms with E-state index in [2.05, 4.69) is 10.3 Å². The first-order chi connectivity index (χ1) is 10.5. The van der Waals surface area contributed by atoms with Crippen molar-refractivity contribution >= 4 is 22.8 Å². The van der Waals surface area contributed by atoms with E-state index >= 15 is 0 Å². The average molecular weight is 302 g/mol. The molecule has 0 spiro atoms. The van der Waals surface area contributed by atoms with Gasteiger partial charge in [-0.15, -0.1) is 0 Å². The molecular formula is C17H22N2O3. The number of carboxylic acids is 1. The molecule has 0 aliphatic heterocycles. The van der Waals surface area contributed by atoms with Crippen LogP contribution in [0.4, 0.5) is 0 Å². The van der Waals surface area contributed by atoms with Gasteiger partial charge in [0, 0.05) is 23.5 Å². The lowest BCUT2D eigenvalue weighted by molar-refractivity contribution is -0.142. The Labute approximate surface area is 129 Å². The average Bonchev–Trinajstić information content (AvgIpc) is 2.87. The van der Waals surface area contributed by atoms with Crippen LogP contribution in [0.15, 0.2) is 30.5 Å². The summed E-state index contributed by atoms with van der Waals surface area (Å²) in [5.41, 5.74) is 2.11. The molecule has 1 aromatic heterocycles. The van der Waals surface area contributed by atoms with E-state index in [9.17, 15) is 9.59 Å². The van der Waals surface area contributed by atoms with Crippen molar-refractivity contribution in [1.82, 2.24) is 10.3 Å². The largest absolute Gasteiger partial charge is 0.480 e. The molecule has 22 heavy (non-hydrogen) atoms. The zero-order valence-corrected chi connectivity index (χ0v) is 12.9. The van der Waals surface area contributed by atoms with Crippen LogP contribution in [0.25, 0.3) is 10.9 Å². The fourth-order valence-corrected chi connectivity index (χ4v) is 2.55. The fourth-order valence-electron chi connectivity index (χ4n) is 2.55. The molecule has 0 saturated carbocycles. The molecule has 0 fully saturated rings. The quantitative estimate of drug-likeness (QED) is 0.735. The van der Waals surface area contributed by atoms with Gasteiger partial charge in [-0.2, -0.15) is 0 Å². The number of aryl methyl sites for hydroxylation is 1. The van der Waals surface area contributed by atoms with E-state index in [1.807, 2.05) is 44.3 Å². The van der Waals surface area contributed by atoms with Crippen molar-refractivity contribution in [3.8, 4) is 0 Å². The van der Waals surface area contributed by atoms with Crippen LogP contribution in [0.1, 0.15) is 32.3 Å². The number of fused-ring (bicyclic) bond motifs is 1. The molecule has 5 nitrogen and oxygen atoms in total. The lowest BCUT2D eigenvalue weighted by Gasteiger charge is -2.16. The summed E-state index contributed by atoms with van der Waals surface area (Å²) in [5, 5.41) is 12.9. The summed E-state index contributed by atoms with van der Waals surface area (Å²) in [7, 11) is 0. The third kappa shape index (κ3) is 4.10. The number of hydrogen-bond acceptors (Lipinski definition) is 2. The van der Waals surface area contributed by atoms with Crippen molar-refractivity contribution in [2.24, 2.45) is 5.92 Å². The van der Waals surface area contributed by atoms with Crippen molar-refractivity contribution in [3.63, 3.8) is 0 Å². The summed E-state index contributed by atoms with van der Waals surface area (Å²) < 4.78 is 0. The number of aromatic nitrogens is 1. The topological polar surface area (TPSA) is 82.2 Å². The third-order valence-corrected chi connectivity index (χ3v) is 3.64. The van der Waals surface area contributed by atoms with Crippen molar-refractivity contribution in [1.29, 1.82) is 0 Å². The van der Waals surface area contributed by atoms with Gasteiger partial charge in [0.05, 0.1) is 0 Å². The lowest BCUT2D eigenvalue weighted by Crippen LogP contribution is -2.41. The van der Waals surface area contributed by atoms with Crippen molar-refractivity contribution in [2.45, 2.75) is 39.2 Å². The van der Waals surface area contributed by atoms with Crippen LogP contribution >= 0.6 is 0 Å². The molecule has 1 heterocycles. The standard InChI is InChI=1S/C17H22N2O3/c1-11(2)9-15(17(21)22)19-16(20)8-7-12-10-18-14-6-4-3-5-13(12)14/h3-6,10-11,15,18H,7-9H2,1-2H3,(H,19,20)(H,21,22). The Bertz CT molecular complexity index is 661. The lowest BCUT2D eigenvalue weighted by atomic mass is 10.0. The third-order valence-electron chi connectivity index (χ3n) is 3.64. The van der Waals surface area contributed by atoms with E-state index in [0.29, 0.717) is 12.8 Å². The predicted octanol–water partition coefficient (Wildman–Crippen LogP) is 2.72. The predicted molar refractivity (Wildman–Crippen MR) is 85.6 cm³/mol. The first-order valence-corrected chi connectivity index (χ1v) is 7.54. The van der Waals surface area contributed by atoms with Gasteiger partial charge in [-0.25, -0.2) is 4.79 Å². The van der Waals surface area contributed by atoms with Gasteiger partial charge in [0.15, 0.2) is 0 Å². The van der Waals surface area contributed by atoms with Gasteiger partial charge in [-0.1, -0.05) is 32.0 Å². The highest BCUT2D eigenvalue weighted by Crippen LogP contribution is 2.19. The normalized spacial score (nSPS) is 12.5. The number of amides is 1. The van der Waals surface area contributed by atoms with E-state index in [-0.39, 0.29) is 18.2 Å². The van der Waals surface area contributed by atoms with Gasteiger partial charge >= 0.3 is 5.97 Å². The van der Waals surface area contributed by atoms with Crippen molar-refractivity contribution in [2.75, 3.05) is 0 Å². The van der Waals surface area contributed by atoms with Gasteiger partial charge in [-0.3, -0.25) is 4.79 Å². The second-order valence-corrected chi connectivity index (χ2v) is 5.95. The molecule has 3 N–H and O–H groups in total. The summed E-state index contributed by atoms with van der Waals surface area (Å²) >= 11 is 0. The molecule has 1 atom stereocenters. The molecule has 0 saturated heterocycles. The number of nitrogens with one attached hydrogen (secondary N) is 2. The Morgan fingerprint density at radius 1 is 1.27 bits per heavy atom. The summed E-state index contributed by atoms with van der Waals surface area (Å²) in [5.74, 6) is -0.984. The van der Waals surface area contributed by atoms with Crippen LogP contribution in [-0.2, 0) is 16.0 Å². The number of para-hydroxylation sites is 1. The smallest absolute Gasteiger partial charge is 0.326 e. The number of hydrogen-bond donors (Lipinski definition) is 3. The maximum atomic E-state index is 12.0. The van der Waals surface area contributed by atoms with Crippen LogP contribution in [0.3, 0.4) is 0 Å². The molecule has 0 aliphatic carbocycles. The van der Waals surface area contributed by atoms with Gasteiger partial charge in [0.2, 0.25) is 5.91 Å². The zero-order chi connectivity index (χ0) is 16.1. The molecule has 2 aromatic rings. The Hall–Kier alpha value is -2.30. The van der Waals surface area contributed by atoms with Gasteiger partial charge in [0.1, 0.15) is 6.04 Å². The Kier molecular flexibility index (Phi) is 5.20. The molecule has 2 rings (SSSR count). The molecule has 118 valence electrons. The summed E-state index contributed by atoms with van der Waals surface area (Å²) in [4.78, 5) is 26.3. The van der Waals surface area contributed by atoms with Crippen LogP contribution in [0, 0.1) is 5.92 Å². The highest BCUT2D eigenvalue weighted by atomic mass is 16.4. The van der Waals surface area contributed by atoms with Crippen LogP contribution in [0.5, 0.6) is 0 Å². The van der Waals surface area contributed by atoms with E-state index in [1.165, 1.54) is 0 Å². The SMILES string of the molecule is CC(C)CC(NC(=O)CCc1c[nH]c2ccccc12)C(=O)O. The highest BCUT2D eigenvalue weighted by molar-refractivity contribution is 5.85. The highest BCUT2D eigenvalue weighted by Gasteiger charge is 2.20. The Balaban J connectivity index is 1.93. The summed E-state index contributed by atoms with van der Waals surface area (Å²) in [6.07, 6.45) is 3.21. The Morgan fingerprint density at radius 3 is 2.68 bits per heavy atom. The number of carbonyl (C=O) groups excluding carboxylic acids is 1. The molecular weight excluding hydrogens is 280 g/mol. The summed E-state index contributed by atoms with van der Waals surface area (Å²) in [6.45, 7) is 3.88. The first kappa shape index (κ1) is 16.1. The van der Waals surface area contributed by atoms with E-state index in [0.717, 1.165) is 16.5 Å².